The summed E-state index contributed by atoms with van der Waals surface area (Å²) in [4.78, 5) is 12.6. The van der Waals surface area contributed by atoms with Crippen molar-refractivity contribution in [2.75, 3.05) is 11.4 Å². The predicted molar refractivity (Wildman–Crippen MR) is 114 cm³/mol. The average Bonchev–Trinajstić information content (AvgIpc) is 3.38. The van der Waals surface area contributed by atoms with Crippen molar-refractivity contribution in [1.82, 2.24) is 9.78 Å². The highest BCUT2D eigenvalue weighted by atomic mass is 32.2. The molecule has 1 N–H and O–H groups in total. The van der Waals surface area contributed by atoms with Crippen LogP contribution in [0.3, 0.4) is 0 Å². The second-order valence-electron chi connectivity index (χ2n) is 7.79. The summed E-state index contributed by atoms with van der Waals surface area (Å²) in [5.74, 6) is -0.914. The third kappa shape index (κ3) is 4.20. The number of benzene rings is 2. The Balaban J connectivity index is 1.77. The second-order valence-corrected chi connectivity index (χ2v) is 9.99. The first kappa shape index (κ1) is 22.8. The summed E-state index contributed by atoms with van der Waals surface area (Å²) in [5.41, 5.74) is -0.0503. The van der Waals surface area contributed by atoms with E-state index in [0.717, 1.165) is 12.1 Å². The second kappa shape index (κ2) is 8.22. The van der Waals surface area contributed by atoms with Gasteiger partial charge in [0.15, 0.2) is 9.84 Å². The number of aryl methyl sites for hydroxylation is 1. The number of para-hydroxylation sites is 1. The number of hydrogen-bond acceptors (Lipinski definition) is 5. The van der Waals surface area contributed by atoms with E-state index in [9.17, 15) is 31.5 Å². The molecule has 33 heavy (non-hydrogen) atoms. The number of sulfone groups is 1. The zero-order chi connectivity index (χ0) is 24.0. The standard InChI is InChI=1S/C22H20F3N3O4S/c1-14-11-20(28(26-14)15-7-3-2-4-8-15)27-13-16(12-18(27)21(29)30)33(31,32)19-10-6-5-9-17(19)22(23,24)25/h2-11,16,18H,12-13H2,1H3,(H,29,30). The Hall–Kier alpha value is -3.34. The third-order valence-electron chi connectivity index (χ3n) is 5.59. The number of carboxylic acids is 1. The summed E-state index contributed by atoms with van der Waals surface area (Å²) in [5, 5.41) is 12.9. The van der Waals surface area contributed by atoms with Crippen LogP contribution < -0.4 is 4.90 Å². The molecule has 0 amide bonds. The minimum atomic E-state index is -4.86. The van der Waals surface area contributed by atoms with Gasteiger partial charge < -0.3 is 10.0 Å². The van der Waals surface area contributed by atoms with Crippen molar-refractivity contribution in [2.45, 2.75) is 35.7 Å². The van der Waals surface area contributed by atoms with Crippen molar-refractivity contribution in [3.63, 3.8) is 0 Å². The van der Waals surface area contributed by atoms with Crippen molar-refractivity contribution in [2.24, 2.45) is 0 Å². The Morgan fingerprint density at radius 3 is 2.36 bits per heavy atom. The zero-order valence-corrected chi connectivity index (χ0v) is 18.2. The molecule has 0 spiro atoms. The Kier molecular flexibility index (Phi) is 5.69. The summed E-state index contributed by atoms with van der Waals surface area (Å²) >= 11 is 0. The topological polar surface area (TPSA) is 92.5 Å². The molecular weight excluding hydrogens is 459 g/mol. The summed E-state index contributed by atoms with van der Waals surface area (Å²) < 4.78 is 68.5. The van der Waals surface area contributed by atoms with Gasteiger partial charge in [-0.1, -0.05) is 30.3 Å². The van der Waals surface area contributed by atoms with Crippen molar-refractivity contribution >= 4 is 21.6 Å². The number of carbonyl (C=O) groups is 1. The van der Waals surface area contributed by atoms with Gasteiger partial charge in [0.1, 0.15) is 11.9 Å². The van der Waals surface area contributed by atoms with Gasteiger partial charge in [-0.2, -0.15) is 18.3 Å². The fourth-order valence-corrected chi connectivity index (χ4v) is 6.00. The van der Waals surface area contributed by atoms with Gasteiger partial charge in [-0.05, 0) is 37.6 Å². The molecule has 0 aliphatic carbocycles. The molecule has 1 aromatic heterocycles. The number of rotatable bonds is 5. The van der Waals surface area contributed by atoms with Crippen LogP contribution in [0.2, 0.25) is 0 Å². The van der Waals surface area contributed by atoms with Gasteiger partial charge in [0, 0.05) is 12.6 Å². The minimum absolute atomic E-state index is 0.288. The van der Waals surface area contributed by atoms with Crippen LogP contribution in [0.4, 0.5) is 19.0 Å². The van der Waals surface area contributed by atoms with Crippen LogP contribution >= 0.6 is 0 Å². The van der Waals surface area contributed by atoms with E-state index in [1.54, 1.807) is 43.3 Å². The highest BCUT2D eigenvalue weighted by molar-refractivity contribution is 7.92. The van der Waals surface area contributed by atoms with E-state index in [-0.39, 0.29) is 13.0 Å². The van der Waals surface area contributed by atoms with Crippen molar-refractivity contribution in [1.29, 1.82) is 0 Å². The van der Waals surface area contributed by atoms with Crippen LogP contribution in [0.5, 0.6) is 0 Å². The van der Waals surface area contributed by atoms with E-state index in [1.165, 1.54) is 15.6 Å². The van der Waals surface area contributed by atoms with Crippen LogP contribution in [0.25, 0.3) is 5.69 Å². The van der Waals surface area contributed by atoms with E-state index in [4.69, 9.17) is 0 Å². The third-order valence-corrected chi connectivity index (χ3v) is 7.78. The van der Waals surface area contributed by atoms with E-state index in [1.807, 2.05) is 0 Å². The number of aromatic nitrogens is 2. The van der Waals surface area contributed by atoms with Crippen molar-refractivity contribution in [3.8, 4) is 5.69 Å². The van der Waals surface area contributed by atoms with Crippen molar-refractivity contribution in [3.05, 3.63) is 71.9 Å². The molecule has 1 aliphatic rings. The molecule has 3 aromatic rings. The van der Waals surface area contributed by atoms with Crippen LogP contribution in [-0.2, 0) is 20.8 Å². The lowest BCUT2D eigenvalue weighted by molar-refractivity contribution is -0.140. The van der Waals surface area contributed by atoms with Crippen molar-refractivity contribution < 1.29 is 31.5 Å². The molecule has 2 unspecified atom stereocenters. The molecule has 2 atom stereocenters. The maximum absolute atomic E-state index is 13.5. The molecule has 7 nitrogen and oxygen atoms in total. The van der Waals surface area contributed by atoms with Gasteiger partial charge in [-0.25, -0.2) is 17.9 Å². The SMILES string of the molecule is Cc1cc(N2CC(S(=O)(=O)c3ccccc3C(F)(F)F)CC2C(=O)O)n(-c2ccccc2)n1. The molecule has 0 saturated carbocycles. The first-order valence-electron chi connectivity index (χ1n) is 10.0. The Morgan fingerprint density at radius 1 is 1.09 bits per heavy atom. The molecule has 11 heteroatoms. The monoisotopic (exact) mass is 479 g/mol. The first-order chi connectivity index (χ1) is 15.5. The molecule has 1 aliphatic heterocycles. The van der Waals surface area contributed by atoms with Gasteiger partial charge in [0.25, 0.3) is 0 Å². The molecular formula is C22H20F3N3O4S. The Labute approximate surface area is 188 Å². The van der Waals surface area contributed by atoms with E-state index < -0.39 is 43.7 Å². The average molecular weight is 479 g/mol. The zero-order valence-electron chi connectivity index (χ0n) is 17.4. The lowest BCUT2D eigenvalue weighted by Crippen LogP contribution is -2.37. The van der Waals surface area contributed by atoms with Crippen LogP contribution in [0.15, 0.2) is 65.6 Å². The highest BCUT2D eigenvalue weighted by Gasteiger charge is 2.47. The molecule has 1 fully saturated rings. The van der Waals surface area contributed by atoms with E-state index in [0.29, 0.717) is 23.3 Å². The summed E-state index contributed by atoms with van der Waals surface area (Å²) in [6.45, 7) is 1.42. The number of anilines is 1. The molecule has 0 radical (unpaired) electrons. The number of nitrogens with zero attached hydrogens (tertiary/aromatic N) is 3. The van der Waals surface area contributed by atoms with Gasteiger partial charge in [-0.3, -0.25) is 0 Å². The first-order valence-corrected chi connectivity index (χ1v) is 11.6. The summed E-state index contributed by atoms with van der Waals surface area (Å²) in [6.07, 6.45) is -5.22. The van der Waals surface area contributed by atoms with E-state index in [2.05, 4.69) is 5.10 Å². The smallest absolute Gasteiger partial charge is 0.417 e. The number of halogens is 3. The molecule has 4 rings (SSSR count). The van der Waals surface area contributed by atoms with Crippen LogP contribution in [0.1, 0.15) is 17.7 Å². The van der Waals surface area contributed by atoms with Crippen LogP contribution in [-0.4, -0.2) is 47.1 Å². The van der Waals surface area contributed by atoms with Gasteiger partial charge in [0.2, 0.25) is 0 Å². The number of carboxylic acid groups (broad SMARTS) is 1. The molecule has 0 bridgehead atoms. The number of alkyl halides is 3. The quantitative estimate of drug-likeness (QED) is 0.600. The van der Waals surface area contributed by atoms with Gasteiger partial charge >= 0.3 is 12.1 Å². The van der Waals surface area contributed by atoms with Gasteiger partial charge in [-0.15, -0.1) is 0 Å². The number of aliphatic carboxylic acids is 1. The number of hydrogen-bond donors (Lipinski definition) is 1. The van der Waals surface area contributed by atoms with E-state index >= 15 is 0 Å². The largest absolute Gasteiger partial charge is 0.480 e. The maximum atomic E-state index is 13.5. The fraction of sp³-hybridized carbons (Fsp3) is 0.273. The normalized spacial score (nSPS) is 19.1. The molecule has 2 aromatic carbocycles. The lowest BCUT2D eigenvalue weighted by Gasteiger charge is -2.24. The van der Waals surface area contributed by atoms with Crippen LogP contribution in [0, 0.1) is 6.92 Å². The summed E-state index contributed by atoms with van der Waals surface area (Å²) in [6, 6.07) is 13.2. The maximum Gasteiger partial charge on any atom is 0.417 e. The molecule has 2 heterocycles. The molecule has 174 valence electrons. The van der Waals surface area contributed by atoms with Gasteiger partial charge in [0.05, 0.1) is 27.1 Å². The predicted octanol–water partition coefficient (Wildman–Crippen LogP) is 3.71. The Bertz CT molecular complexity index is 1290. The lowest BCUT2D eigenvalue weighted by atomic mass is 10.2. The minimum Gasteiger partial charge on any atom is -0.480 e. The highest BCUT2D eigenvalue weighted by Crippen LogP contribution is 2.39. The fourth-order valence-electron chi connectivity index (χ4n) is 4.09. The molecule has 1 saturated heterocycles. The Morgan fingerprint density at radius 2 is 1.73 bits per heavy atom. The summed E-state index contributed by atoms with van der Waals surface area (Å²) in [7, 11) is -4.49.